The van der Waals surface area contributed by atoms with Crippen molar-refractivity contribution < 1.29 is 35.5 Å². The van der Waals surface area contributed by atoms with E-state index in [1.165, 1.54) is 12.4 Å². The molecule has 0 fully saturated rings. The van der Waals surface area contributed by atoms with Crippen LogP contribution >= 0.6 is 0 Å². The Kier molecular flexibility index (Phi) is 10.6. The van der Waals surface area contributed by atoms with E-state index in [1.807, 2.05) is 6.92 Å². The van der Waals surface area contributed by atoms with Crippen LogP contribution in [0, 0.1) is 41.4 Å². The van der Waals surface area contributed by atoms with E-state index in [0.717, 1.165) is 47.5 Å². The zero-order valence-corrected chi connectivity index (χ0v) is 23.4. The van der Waals surface area contributed by atoms with E-state index in [9.17, 15) is 30.7 Å². The number of aliphatic imine (C=N–C) groups is 1. The Hall–Kier alpha value is -4.73. The van der Waals surface area contributed by atoms with Crippen molar-refractivity contribution in [1.82, 2.24) is 0 Å². The molecule has 0 saturated heterocycles. The molecule has 1 N–H and O–H groups in total. The van der Waals surface area contributed by atoms with Gasteiger partial charge in [-0.2, -0.15) is 8.78 Å². The zero-order valence-electron chi connectivity index (χ0n) is 23.4. The van der Waals surface area contributed by atoms with Crippen LogP contribution in [0.4, 0.5) is 30.7 Å². The SMILES string of the molecule is C=N/C=C(/C)C=N.CCc1c(F)cc(-c2ccc(OC(F)(F)c3c(F)cc(-c4ccc(C)cc4)cc3F)cc2F)cc1F. The van der Waals surface area contributed by atoms with Gasteiger partial charge in [0.2, 0.25) is 0 Å². The van der Waals surface area contributed by atoms with E-state index in [4.69, 9.17) is 5.41 Å². The molecule has 0 amide bonds. The number of rotatable bonds is 8. The number of hydrogen-bond acceptors (Lipinski definition) is 3. The van der Waals surface area contributed by atoms with Gasteiger partial charge in [-0.15, -0.1) is 0 Å². The summed E-state index contributed by atoms with van der Waals surface area (Å²) in [5, 5.41) is 6.63. The van der Waals surface area contributed by atoms with Crippen LogP contribution in [0.2, 0.25) is 0 Å². The van der Waals surface area contributed by atoms with Crippen LogP contribution in [0.3, 0.4) is 0 Å². The highest BCUT2D eigenvalue weighted by atomic mass is 19.3. The molecule has 43 heavy (non-hydrogen) atoms. The molecule has 0 bridgehead atoms. The van der Waals surface area contributed by atoms with Crippen LogP contribution in [0.15, 0.2) is 83.5 Å². The van der Waals surface area contributed by atoms with E-state index in [2.05, 4.69) is 16.4 Å². The van der Waals surface area contributed by atoms with Gasteiger partial charge in [-0.05, 0) is 85.6 Å². The summed E-state index contributed by atoms with van der Waals surface area (Å²) < 4.78 is 106. The topological polar surface area (TPSA) is 45.4 Å². The summed E-state index contributed by atoms with van der Waals surface area (Å²) in [6, 6.07) is 12.4. The molecular formula is C33H27F7N2O. The van der Waals surface area contributed by atoms with Gasteiger partial charge in [-0.25, -0.2) is 22.0 Å². The Bertz CT molecular complexity index is 1620. The Morgan fingerprint density at radius 3 is 1.84 bits per heavy atom. The molecule has 0 aliphatic heterocycles. The zero-order chi connectivity index (χ0) is 31.9. The van der Waals surface area contributed by atoms with Crippen LogP contribution in [0.5, 0.6) is 5.75 Å². The normalized spacial score (nSPS) is 11.4. The largest absolute Gasteiger partial charge is 0.432 e. The Morgan fingerprint density at radius 1 is 0.814 bits per heavy atom. The van der Waals surface area contributed by atoms with Gasteiger partial charge in [-0.1, -0.05) is 36.8 Å². The summed E-state index contributed by atoms with van der Waals surface area (Å²) in [7, 11) is 0. The number of halogens is 7. The van der Waals surface area contributed by atoms with E-state index in [0.29, 0.717) is 11.6 Å². The molecule has 0 unspecified atom stereocenters. The van der Waals surface area contributed by atoms with Gasteiger partial charge in [0.1, 0.15) is 40.4 Å². The van der Waals surface area contributed by atoms with Crippen molar-refractivity contribution in [2.24, 2.45) is 4.99 Å². The van der Waals surface area contributed by atoms with Crippen molar-refractivity contribution in [3.63, 3.8) is 0 Å². The third-order valence-corrected chi connectivity index (χ3v) is 6.23. The Labute approximate surface area is 244 Å². The lowest BCUT2D eigenvalue weighted by Gasteiger charge is -2.20. The second-order valence-corrected chi connectivity index (χ2v) is 9.41. The number of alkyl halides is 2. The highest BCUT2D eigenvalue weighted by molar-refractivity contribution is 5.74. The standard InChI is InChI=1S/C28H19F7O.C5H8N2/c1-3-20-22(29)12-18(13-23(20)30)21-9-8-19(14-24(21)31)36-28(34,35)27-25(32)10-17(11-26(27)33)16-6-4-15(2)5-7-16;1-5(3-6)4-7-2/h4-14H,3H2,1-2H3;3-4,6H,2H2,1H3/b;5-4-,6-3?. The molecule has 10 heteroatoms. The molecule has 0 spiro atoms. The average Bonchev–Trinajstić information content (AvgIpc) is 2.93. The molecule has 224 valence electrons. The maximum absolute atomic E-state index is 14.8. The molecule has 0 atom stereocenters. The van der Waals surface area contributed by atoms with E-state index in [-0.39, 0.29) is 28.7 Å². The predicted octanol–water partition coefficient (Wildman–Crippen LogP) is 9.96. The maximum atomic E-state index is 14.8. The number of allylic oxidation sites excluding steroid dienone is 1. The van der Waals surface area contributed by atoms with E-state index in [1.54, 1.807) is 38.1 Å². The second kappa shape index (κ2) is 14.0. The first-order chi connectivity index (χ1) is 20.3. The van der Waals surface area contributed by atoms with Crippen molar-refractivity contribution in [3.8, 4) is 28.0 Å². The predicted molar refractivity (Wildman–Crippen MR) is 154 cm³/mol. The third kappa shape index (κ3) is 7.97. The molecule has 0 aliphatic carbocycles. The number of nitrogens with one attached hydrogen (secondary N) is 1. The summed E-state index contributed by atoms with van der Waals surface area (Å²) >= 11 is 0. The summed E-state index contributed by atoms with van der Waals surface area (Å²) in [6.07, 6.45) is -1.64. The van der Waals surface area contributed by atoms with Crippen LogP contribution in [-0.4, -0.2) is 12.9 Å². The van der Waals surface area contributed by atoms with Gasteiger partial charge in [0.15, 0.2) is 0 Å². The fourth-order valence-corrected chi connectivity index (χ4v) is 4.03. The highest BCUT2D eigenvalue weighted by Crippen LogP contribution is 2.38. The summed E-state index contributed by atoms with van der Waals surface area (Å²) in [5.74, 6) is -6.71. The first kappa shape index (κ1) is 32.8. The average molecular weight is 601 g/mol. The van der Waals surface area contributed by atoms with Crippen molar-refractivity contribution in [1.29, 1.82) is 5.41 Å². The molecular weight excluding hydrogens is 573 g/mol. The second-order valence-electron chi connectivity index (χ2n) is 9.41. The molecule has 4 rings (SSSR count). The fraction of sp³-hybridized carbons (Fsp3) is 0.152. The molecule has 0 aromatic heterocycles. The van der Waals surface area contributed by atoms with E-state index >= 15 is 0 Å². The molecule has 3 nitrogen and oxygen atoms in total. The van der Waals surface area contributed by atoms with Gasteiger partial charge in [0.05, 0.1) is 0 Å². The lowest BCUT2D eigenvalue weighted by molar-refractivity contribution is -0.189. The molecule has 0 aliphatic rings. The molecule has 0 saturated carbocycles. The van der Waals surface area contributed by atoms with Crippen LogP contribution in [0.1, 0.15) is 30.5 Å². The van der Waals surface area contributed by atoms with Crippen molar-refractivity contribution in [2.45, 2.75) is 33.3 Å². The third-order valence-electron chi connectivity index (χ3n) is 6.23. The first-order valence-corrected chi connectivity index (χ1v) is 12.9. The van der Waals surface area contributed by atoms with Gasteiger partial charge in [0, 0.05) is 29.6 Å². The van der Waals surface area contributed by atoms with Crippen molar-refractivity contribution in [2.75, 3.05) is 0 Å². The van der Waals surface area contributed by atoms with Gasteiger partial charge >= 0.3 is 6.11 Å². The minimum atomic E-state index is -4.49. The van der Waals surface area contributed by atoms with Gasteiger partial charge in [-0.3, -0.25) is 4.99 Å². The van der Waals surface area contributed by atoms with Crippen molar-refractivity contribution >= 4 is 12.9 Å². The minimum Gasteiger partial charge on any atom is -0.429 e. The molecule has 4 aromatic rings. The number of ether oxygens (including phenoxy) is 1. The summed E-state index contributed by atoms with van der Waals surface area (Å²) in [4.78, 5) is 3.44. The smallest absolute Gasteiger partial charge is 0.429 e. The van der Waals surface area contributed by atoms with Crippen molar-refractivity contribution in [3.05, 3.63) is 124 Å². The number of hydrogen-bond donors (Lipinski definition) is 1. The lowest BCUT2D eigenvalue weighted by Crippen LogP contribution is -2.25. The molecule has 0 radical (unpaired) electrons. The fourth-order valence-electron chi connectivity index (χ4n) is 4.03. The van der Waals surface area contributed by atoms with Crippen LogP contribution in [0.25, 0.3) is 22.3 Å². The highest BCUT2D eigenvalue weighted by Gasteiger charge is 2.41. The lowest BCUT2D eigenvalue weighted by atomic mass is 10.0. The van der Waals surface area contributed by atoms with Gasteiger partial charge in [0.25, 0.3) is 0 Å². The van der Waals surface area contributed by atoms with E-state index < -0.39 is 46.5 Å². The monoisotopic (exact) mass is 600 g/mol. The van der Waals surface area contributed by atoms with Gasteiger partial charge < -0.3 is 10.1 Å². The number of nitrogens with zero attached hydrogens (tertiary/aromatic N) is 1. The number of aryl methyl sites for hydroxylation is 1. The van der Waals surface area contributed by atoms with Crippen LogP contribution in [-0.2, 0) is 12.5 Å². The Balaban J connectivity index is 0.000000646. The Morgan fingerprint density at radius 2 is 1.37 bits per heavy atom. The quantitative estimate of drug-likeness (QED) is 0.159. The maximum Gasteiger partial charge on any atom is 0.432 e. The number of benzene rings is 4. The van der Waals surface area contributed by atoms with Crippen LogP contribution < -0.4 is 4.74 Å². The first-order valence-electron chi connectivity index (χ1n) is 12.9. The minimum absolute atomic E-state index is 0.0495. The molecule has 0 heterocycles. The summed E-state index contributed by atoms with van der Waals surface area (Å²) in [5.41, 5.74) is -0.0380. The molecule has 4 aromatic carbocycles. The summed E-state index contributed by atoms with van der Waals surface area (Å²) in [6.45, 7) is 8.38.